The number of hydrogen-bond donors (Lipinski definition) is 1. The van der Waals surface area contributed by atoms with Crippen LogP contribution in [0.15, 0.2) is 0 Å². The molecule has 0 aromatic carbocycles. The lowest BCUT2D eigenvalue weighted by Crippen LogP contribution is -2.02. The molecule has 0 radical (unpaired) electrons. The molecule has 17 heavy (non-hydrogen) atoms. The zero-order valence-corrected chi connectivity index (χ0v) is 11.8. The fourth-order valence-electron chi connectivity index (χ4n) is 1.17. The summed E-state index contributed by atoms with van der Waals surface area (Å²) in [5.41, 5.74) is 0. The zero-order chi connectivity index (χ0) is 13.3. The smallest absolute Gasteiger partial charge is 0.229 e. The summed E-state index contributed by atoms with van der Waals surface area (Å²) in [5, 5.41) is 8.60. The summed E-state index contributed by atoms with van der Waals surface area (Å²) >= 11 is 0. The number of halogens is 1. The van der Waals surface area contributed by atoms with Gasteiger partial charge in [0.15, 0.2) is 0 Å². The number of ether oxygens (including phenoxy) is 2. The minimum atomic E-state index is -3.19. The van der Waals surface area contributed by atoms with E-state index in [0.29, 0.717) is 6.61 Å². The molecule has 0 bridgehead atoms. The Morgan fingerprint density at radius 1 is 1.18 bits per heavy atom. The van der Waals surface area contributed by atoms with Crippen molar-refractivity contribution in [1.82, 2.24) is 0 Å². The van der Waals surface area contributed by atoms with Gasteiger partial charge in [-0.1, -0.05) is 6.92 Å². The van der Waals surface area contributed by atoms with Gasteiger partial charge >= 0.3 is 0 Å². The molecule has 2 atom stereocenters. The lowest BCUT2D eigenvalue weighted by molar-refractivity contribution is 0.127. The van der Waals surface area contributed by atoms with Crippen LogP contribution in [0.1, 0.15) is 19.8 Å². The Morgan fingerprint density at radius 2 is 1.65 bits per heavy atom. The first-order valence-corrected chi connectivity index (χ1v) is 8.24. The van der Waals surface area contributed by atoms with E-state index < -0.39 is 9.05 Å². The molecule has 2 fully saturated rings. The SMILES string of the molecule is CS(=O)(=O)Cl.C[C@@H]1CCOC1.O[C@@H]1CCOC1. The normalized spacial score (nSPS) is 27.8. The minimum Gasteiger partial charge on any atom is -0.391 e. The maximum atomic E-state index is 9.40. The van der Waals surface area contributed by atoms with Gasteiger partial charge in [-0.05, 0) is 18.8 Å². The summed E-state index contributed by atoms with van der Waals surface area (Å²) < 4.78 is 28.7. The Bertz CT molecular complexity index is 246. The average Bonchev–Trinajstić information content (AvgIpc) is 2.76. The largest absolute Gasteiger partial charge is 0.391 e. The minimum absolute atomic E-state index is 0.176. The molecule has 0 unspecified atom stereocenters. The van der Waals surface area contributed by atoms with E-state index in [1.165, 1.54) is 6.42 Å². The van der Waals surface area contributed by atoms with E-state index in [0.717, 1.165) is 38.4 Å². The Hall–Kier alpha value is 0.120. The van der Waals surface area contributed by atoms with Crippen LogP contribution in [0, 0.1) is 5.92 Å². The molecule has 2 aliphatic rings. The van der Waals surface area contributed by atoms with Crippen LogP contribution < -0.4 is 0 Å². The molecular weight excluding hydrogens is 268 g/mol. The van der Waals surface area contributed by atoms with E-state index in [2.05, 4.69) is 17.6 Å². The molecule has 0 aromatic heterocycles. The molecule has 5 nitrogen and oxygen atoms in total. The lowest BCUT2D eigenvalue weighted by Gasteiger charge is -1.89. The Morgan fingerprint density at radius 3 is 1.76 bits per heavy atom. The first-order valence-electron chi connectivity index (χ1n) is 5.52. The van der Waals surface area contributed by atoms with Crippen LogP contribution in [0.2, 0.25) is 0 Å². The van der Waals surface area contributed by atoms with Crippen LogP contribution >= 0.6 is 10.7 Å². The molecule has 0 spiro atoms. The van der Waals surface area contributed by atoms with E-state index in [1.54, 1.807) is 0 Å². The number of aliphatic hydroxyl groups excluding tert-OH is 1. The molecule has 2 saturated heterocycles. The molecule has 0 amide bonds. The lowest BCUT2D eigenvalue weighted by atomic mass is 10.2. The third-order valence-electron chi connectivity index (χ3n) is 2.06. The van der Waals surface area contributed by atoms with Crippen molar-refractivity contribution in [3.8, 4) is 0 Å². The maximum Gasteiger partial charge on any atom is 0.229 e. The highest BCUT2D eigenvalue weighted by atomic mass is 35.7. The highest BCUT2D eigenvalue weighted by Crippen LogP contribution is 2.09. The van der Waals surface area contributed by atoms with Crippen molar-refractivity contribution in [2.75, 3.05) is 32.7 Å². The highest BCUT2D eigenvalue weighted by Gasteiger charge is 2.09. The fourth-order valence-corrected chi connectivity index (χ4v) is 1.17. The second-order valence-corrected chi connectivity index (χ2v) is 7.21. The van der Waals surface area contributed by atoms with Crippen molar-refractivity contribution in [3.63, 3.8) is 0 Å². The van der Waals surface area contributed by atoms with Crippen LogP contribution in [-0.4, -0.2) is 52.3 Å². The highest BCUT2D eigenvalue weighted by molar-refractivity contribution is 8.13. The van der Waals surface area contributed by atoms with Crippen molar-refractivity contribution in [3.05, 3.63) is 0 Å². The van der Waals surface area contributed by atoms with Gasteiger partial charge in [0.25, 0.3) is 0 Å². The van der Waals surface area contributed by atoms with E-state index in [1.807, 2.05) is 0 Å². The monoisotopic (exact) mass is 288 g/mol. The molecule has 0 aliphatic carbocycles. The van der Waals surface area contributed by atoms with Gasteiger partial charge < -0.3 is 14.6 Å². The summed E-state index contributed by atoms with van der Waals surface area (Å²) in [6.07, 6.45) is 2.83. The van der Waals surface area contributed by atoms with Crippen LogP contribution in [0.4, 0.5) is 0 Å². The van der Waals surface area contributed by atoms with Crippen molar-refractivity contribution >= 4 is 19.7 Å². The molecule has 1 N–H and O–H groups in total. The average molecular weight is 289 g/mol. The Labute approximate surface area is 107 Å². The molecule has 2 aliphatic heterocycles. The molecule has 2 heterocycles. The summed E-state index contributed by atoms with van der Waals surface area (Å²) in [4.78, 5) is 0. The fraction of sp³-hybridized carbons (Fsp3) is 1.00. The van der Waals surface area contributed by atoms with Gasteiger partial charge in [-0.2, -0.15) is 0 Å². The first-order chi connectivity index (χ1) is 7.79. The zero-order valence-electron chi connectivity index (χ0n) is 10.3. The predicted molar refractivity (Wildman–Crippen MR) is 66.7 cm³/mol. The van der Waals surface area contributed by atoms with Gasteiger partial charge in [0, 0.05) is 30.5 Å². The van der Waals surface area contributed by atoms with Crippen molar-refractivity contribution in [2.24, 2.45) is 5.92 Å². The van der Waals surface area contributed by atoms with E-state index in [-0.39, 0.29) is 6.10 Å². The van der Waals surface area contributed by atoms with Crippen LogP contribution in [0.3, 0.4) is 0 Å². The second kappa shape index (κ2) is 9.10. The predicted octanol–water partition coefficient (Wildman–Crippen LogP) is 0.995. The van der Waals surface area contributed by atoms with Crippen LogP contribution in [0.25, 0.3) is 0 Å². The Balaban J connectivity index is 0.000000228. The summed E-state index contributed by atoms with van der Waals surface area (Å²) in [7, 11) is 1.31. The van der Waals surface area contributed by atoms with Crippen LogP contribution in [-0.2, 0) is 18.5 Å². The molecule has 0 saturated carbocycles. The Kier molecular flexibility index (Phi) is 9.17. The molecular formula is C10H21ClO5S. The van der Waals surface area contributed by atoms with Crippen LogP contribution in [0.5, 0.6) is 0 Å². The van der Waals surface area contributed by atoms with E-state index in [4.69, 9.17) is 14.6 Å². The van der Waals surface area contributed by atoms with Gasteiger partial charge in [-0.3, -0.25) is 0 Å². The van der Waals surface area contributed by atoms with Crippen molar-refractivity contribution in [2.45, 2.75) is 25.9 Å². The van der Waals surface area contributed by atoms with E-state index >= 15 is 0 Å². The van der Waals surface area contributed by atoms with Crippen molar-refractivity contribution < 1.29 is 23.0 Å². The summed E-state index contributed by atoms with van der Waals surface area (Å²) in [5.74, 6) is 0.824. The number of aliphatic hydroxyl groups is 1. The van der Waals surface area contributed by atoms with Crippen molar-refractivity contribution in [1.29, 1.82) is 0 Å². The maximum absolute atomic E-state index is 9.40. The summed E-state index contributed by atoms with van der Waals surface area (Å²) in [6, 6.07) is 0. The van der Waals surface area contributed by atoms with Gasteiger partial charge in [-0.25, -0.2) is 8.42 Å². The topological polar surface area (TPSA) is 72.8 Å². The third-order valence-corrected chi connectivity index (χ3v) is 2.06. The first kappa shape index (κ1) is 17.1. The molecule has 2 rings (SSSR count). The van der Waals surface area contributed by atoms with E-state index in [9.17, 15) is 8.42 Å². The number of rotatable bonds is 0. The van der Waals surface area contributed by atoms with Gasteiger partial charge in [0.2, 0.25) is 9.05 Å². The quantitative estimate of drug-likeness (QED) is 0.673. The molecule has 0 aromatic rings. The van der Waals surface area contributed by atoms with Gasteiger partial charge in [0.1, 0.15) is 0 Å². The second-order valence-electron chi connectivity index (χ2n) is 4.17. The standard InChI is InChI=1S/C5H10O.C4H8O2.CH3ClO2S/c1-5-2-3-6-4-5;5-4-1-2-6-3-4;1-5(2,3)4/h5H,2-4H2,1H3;4-5H,1-3H2;1H3/t5-;4-;/m11./s1. The number of hydrogen-bond acceptors (Lipinski definition) is 5. The third kappa shape index (κ3) is 16.1. The van der Waals surface area contributed by atoms with Gasteiger partial charge in [-0.15, -0.1) is 0 Å². The summed E-state index contributed by atoms with van der Waals surface area (Å²) in [6.45, 7) is 5.47. The molecule has 7 heteroatoms. The molecule has 104 valence electrons. The van der Waals surface area contributed by atoms with Gasteiger partial charge in [0.05, 0.1) is 19.0 Å².